The molecule has 2 amide bonds. The summed E-state index contributed by atoms with van der Waals surface area (Å²) in [5.41, 5.74) is 2.34. The minimum Gasteiger partial charge on any atom is -0.352 e. The van der Waals surface area contributed by atoms with E-state index in [2.05, 4.69) is 5.32 Å². The molecule has 0 aliphatic heterocycles. The fraction of sp³-hybridized carbons (Fsp3) is 0.333. The van der Waals surface area contributed by atoms with Gasteiger partial charge in [-0.2, -0.15) is 0 Å². The molecular weight excluding hydrogens is 517 g/mol. The van der Waals surface area contributed by atoms with E-state index in [1.165, 1.54) is 35.2 Å². The lowest BCUT2D eigenvalue weighted by molar-refractivity contribution is -0.139. The number of nitrogens with zero attached hydrogens (tertiary/aromatic N) is 2. The summed E-state index contributed by atoms with van der Waals surface area (Å²) in [4.78, 5) is 28.3. The third kappa shape index (κ3) is 7.23. The van der Waals surface area contributed by atoms with Gasteiger partial charge in [0.15, 0.2) is 0 Å². The molecule has 3 rings (SSSR count). The monoisotopic (exact) mass is 553 g/mol. The van der Waals surface area contributed by atoms with Gasteiger partial charge in [-0.15, -0.1) is 0 Å². The van der Waals surface area contributed by atoms with Gasteiger partial charge < -0.3 is 10.2 Å². The molecular formula is C30H36FN3O4S. The molecule has 0 fully saturated rings. The number of aryl methyl sites for hydroxylation is 2. The van der Waals surface area contributed by atoms with Crippen molar-refractivity contribution in [2.75, 3.05) is 10.8 Å². The quantitative estimate of drug-likeness (QED) is 0.363. The SMILES string of the molecule is CC[C@@H](C)NC(=O)[C@H](C)N(Cc1ccccc1C)C(=O)CN(c1ccccc1F)S(=O)(=O)c1ccc(C)cc1. The van der Waals surface area contributed by atoms with Crippen LogP contribution >= 0.6 is 0 Å². The van der Waals surface area contributed by atoms with Crippen LogP contribution in [-0.2, 0) is 26.2 Å². The van der Waals surface area contributed by atoms with Gasteiger partial charge in [0.25, 0.3) is 10.0 Å². The van der Waals surface area contributed by atoms with Crippen LogP contribution in [0.3, 0.4) is 0 Å². The first-order valence-electron chi connectivity index (χ1n) is 12.9. The van der Waals surface area contributed by atoms with Crippen molar-refractivity contribution in [1.82, 2.24) is 10.2 Å². The normalized spacial score (nSPS) is 12.9. The molecule has 0 unspecified atom stereocenters. The Morgan fingerprint density at radius 3 is 2.15 bits per heavy atom. The maximum Gasteiger partial charge on any atom is 0.264 e. The summed E-state index contributed by atoms with van der Waals surface area (Å²) in [5.74, 6) is -1.77. The predicted molar refractivity (Wildman–Crippen MR) is 151 cm³/mol. The average Bonchev–Trinajstić information content (AvgIpc) is 2.91. The van der Waals surface area contributed by atoms with Gasteiger partial charge in [-0.3, -0.25) is 13.9 Å². The number of carbonyl (C=O) groups is 2. The Morgan fingerprint density at radius 1 is 0.923 bits per heavy atom. The molecule has 3 aromatic carbocycles. The van der Waals surface area contributed by atoms with Crippen LogP contribution in [0.5, 0.6) is 0 Å². The highest BCUT2D eigenvalue weighted by molar-refractivity contribution is 7.92. The van der Waals surface area contributed by atoms with Crippen molar-refractivity contribution in [1.29, 1.82) is 0 Å². The molecule has 0 bridgehead atoms. The number of amides is 2. The number of sulfonamides is 1. The van der Waals surface area contributed by atoms with E-state index < -0.39 is 34.3 Å². The second-order valence-corrected chi connectivity index (χ2v) is 11.6. The molecule has 7 nitrogen and oxygen atoms in total. The van der Waals surface area contributed by atoms with Crippen LogP contribution < -0.4 is 9.62 Å². The van der Waals surface area contributed by atoms with Gasteiger partial charge >= 0.3 is 0 Å². The Morgan fingerprint density at radius 2 is 1.54 bits per heavy atom. The summed E-state index contributed by atoms with van der Waals surface area (Å²) in [6.07, 6.45) is 0.708. The van der Waals surface area contributed by atoms with Crippen LogP contribution in [0.1, 0.15) is 43.9 Å². The summed E-state index contributed by atoms with van der Waals surface area (Å²) in [5, 5.41) is 2.90. The fourth-order valence-electron chi connectivity index (χ4n) is 4.02. The second-order valence-electron chi connectivity index (χ2n) is 9.72. The number of benzene rings is 3. The number of rotatable bonds is 11. The van der Waals surface area contributed by atoms with E-state index in [-0.39, 0.29) is 29.1 Å². The molecule has 2 atom stereocenters. The highest BCUT2D eigenvalue weighted by atomic mass is 32.2. The van der Waals surface area contributed by atoms with Crippen molar-refractivity contribution >= 4 is 27.5 Å². The zero-order valence-corrected chi connectivity index (χ0v) is 23.8. The minimum absolute atomic E-state index is 0.0721. The molecule has 0 radical (unpaired) electrons. The molecule has 1 N–H and O–H groups in total. The molecule has 9 heteroatoms. The molecule has 0 aliphatic rings. The maximum atomic E-state index is 15.0. The van der Waals surface area contributed by atoms with Crippen LogP contribution in [-0.4, -0.2) is 43.8 Å². The standard InChI is InChI=1S/C30H36FN3O4S/c1-6-23(4)32-30(36)24(5)33(19-25-12-8-7-11-22(25)3)29(35)20-34(28-14-10-9-13-27(28)31)39(37,38)26-17-15-21(2)16-18-26/h7-18,23-24H,6,19-20H2,1-5H3,(H,32,36)/t23-,24+/m1/s1. The Kier molecular flexibility index (Phi) is 9.86. The summed E-state index contributed by atoms with van der Waals surface area (Å²) in [6.45, 7) is 8.52. The van der Waals surface area contributed by atoms with Gasteiger partial charge in [-0.05, 0) is 69.5 Å². The Hall–Kier alpha value is -3.72. The molecule has 0 heterocycles. The zero-order chi connectivity index (χ0) is 28.7. The van der Waals surface area contributed by atoms with Gasteiger partial charge in [0.05, 0.1) is 10.6 Å². The zero-order valence-electron chi connectivity index (χ0n) is 23.0. The number of hydrogen-bond donors (Lipinski definition) is 1. The largest absolute Gasteiger partial charge is 0.352 e. The first-order valence-corrected chi connectivity index (χ1v) is 14.4. The number of nitrogens with one attached hydrogen (secondary N) is 1. The Balaban J connectivity index is 2.05. The number of para-hydroxylation sites is 1. The van der Waals surface area contributed by atoms with Gasteiger partial charge in [0.2, 0.25) is 11.8 Å². The van der Waals surface area contributed by atoms with Crippen molar-refractivity contribution < 1.29 is 22.4 Å². The molecule has 0 aromatic heterocycles. The van der Waals surface area contributed by atoms with E-state index in [0.29, 0.717) is 6.42 Å². The van der Waals surface area contributed by atoms with Crippen molar-refractivity contribution in [3.63, 3.8) is 0 Å². The van der Waals surface area contributed by atoms with E-state index in [4.69, 9.17) is 0 Å². The van der Waals surface area contributed by atoms with Gasteiger partial charge in [0, 0.05) is 12.6 Å². The van der Waals surface area contributed by atoms with Crippen LogP contribution in [0.25, 0.3) is 0 Å². The van der Waals surface area contributed by atoms with Crippen LogP contribution in [0.4, 0.5) is 10.1 Å². The number of hydrogen-bond acceptors (Lipinski definition) is 4. The molecule has 0 aliphatic carbocycles. The highest BCUT2D eigenvalue weighted by Gasteiger charge is 2.34. The Bertz CT molecular complexity index is 1410. The minimum atomic E-state index is -4.33. The van der Waals surface area contributed by atoms with Crippen LogP contribution in [0.2, 0.25) is 0 Å². The highest BCUT2D eigenvalue weighted by Crippen LogP contribution is 2.27. The molecule has 0 saturated heterocycles. The predicted octanol–water partition coefficient (Wildman–Crippen LogP) is 4.97. The van der Waals surface area contributed by atoms with Crippen molar-refractivity contribution in [3.05, 3.63) is 95.3 Å². The summed E-state index contributed by atoms with van der Waals surface area (Å²) >= 11 is 0. The summed E-state index contributed by atoms with van der Waals surface area (Å²) < 4.78 is 43.3. The second kappa shape index (κ2) is 12.9. The van der Waals surface area contributed by atoms with E-state index in [9.17, 15) is 22.4 Å². The van der Waals surface area contributed by atoms with E-state index in [0.717, 1.165) is 27.1 Å². The third-order valence-electron chi connectivity index (χ3n) is 6.78. The molecule has 0 saturated carbocycles. The first-order chi connectivity index (χ1) is 18.4. The number of halogens is 1. The van der Waals surface area contributed by atoms with Crippen molar-refractivity contribution in [3.8, 4) is 0 Å². The number of anilines is 1. The molecule has 0 spiro atoms. The van der Waals surface area contributed by atoms with Crippen LogP contribution in [0.15, 0.2) is 77.7 Å². The lowest BCUT2D eigenvalue weighted by atomic mass is 10.1. The van der Waals surface area contributed by atoms with E-state index in [1.807, 2.05) is 52.0 Å². The van der Waals surface area contributed by atoms with E-state index >= 15 is 0 Å². The fourth-order valence-corrected chi connectivity index (χ4v) is 5.45. The molecule has 39 heavy (non-hydrogen) atoms. The van der Waals surface area contributed by atoms with Gasteiger partial charge in [-0.1, -0.05) is 61.0 Å². The third-order valence-corrected chi connectivity index (χ3v) is 8.55. The summed E-state index contributed by atoms with van der Waals surface area (Å²) in [6, 6.07) is 18.0. The lowest BCUT2D eigenvalue weighted by Crippen LogP contribution is -2.52. The molecule has 3 aromatic rings. The topological polar surface area (TPSA) is 86.8 Å². The number of carbonyl (C=O) groups excluding carboxylic acids is 2. The first kappa shape index (κ1) is 29.8. The summed E-state index contributed by atoms with van der Waals surface area (Å²) in [7, 11) is -4.33. The van der Waals surface area contributed by atoms with E-state index in [1.54, 1.807) is 19.1 Å². The van der Waals surface area contributed by atoms with Crippen LogP contribution in [0, 0.1) is 19.7 Å². The van der Waals surface area contributed by atoms with Crippen molar-refractivity contribution in [2.24, 2.45) is 0 Å². The van der Waals surface area contributed by atoms with Crippen molar-refractivity contribution in [2.45, 2.75) is 64.6 Å². The lowest BCUT2D eigenvalue weighted by Gasteiger charge is -2.32. The van der Waals surface area contributed by atoms with Gasteiger partial charge in [0.1, 0.15) is 18.4 Å². The van der Waals surface area contributed by atoms with Gasteiger partial charge in [-0.25, -0.2) is 12.8 Å². The maximum absolute atomic E-state index is 15.0. The molecule has 208 valence electrons. The average molecular weight is 554 g/mol. The Labute approximate surface area is 230 Å². The smallest absolute Gasteiger partial charge is 0.264 e.